The first-order valence-electron chi connectivity index (χ1n) is 13.9. The van der Waals surface area contributed by atoms with Gasteiger partial charge in [0.2, 0.25) is 0 Å². The van der Waals surface area contributed by atoms with Gasteiger partial charge < -0.3 is 34.5 Å². The SMILES string of the molecule is COc1cccc(CNC(=O)C2Cn3ccnc3C3(CCN(C(=O)c4ccncc4)CC3)O2)c1.O=C(O)C(F)(F)F.O=C(O)C(F)(F)F. The number of ether oxygens (including phenoxy) is 2. The summed E-state index contributed by atoms with van der Waals surface area (Å²) in [6.07, 6.45) is -2.80. The normalized spacial score (nSPS) is 16.6. The van der Waals surface area contributed by atoms with Gasteiger partial charge in [0.25, 0.3) is 11.8 Å². The Balaban J connectivity index is 0.000000376. The Bertz CT molecular complexity index is 1550. The number of rotatable bonds is 5. The third kappa shape index (κ3) is 9.90. The van der Waals surface area contributed by atoms with Crippen molar-refractivity contribution < 1.29 is 65.2 Å². The lowest BCUT2D eigenvalue weighted by atomic mass is 9.88. The highest BCUT2D eigenvalue weighted by Gasteiger charge is 2.47. The van der Waals surface area contributed by atoms with E-state index in [-0.39, 0.29) is 11.8 Å². The van der Waals surface area contributed by atoms with Crippen LogP contribution in [0.25, 0.3) is 0 Å². The number of amides is 2. The smallest absolute Gasteiger partial charge is 0.490 e. The predicted octanol–water partition coefficient (Wildman–Crippen LogP) is 3.40. The van der Waals surface area contributed by atoms with Crippen LogP contribution in [0, 0.1) is 0 Å². The number of imidazole rings is 1. The average molecular weight is 690 g/mol. The van der Waals surface area contributed by atoms with E-state index in [1.807, 2.05) is 39.9 Å². The minimum Gasteiger partial charge on any atom is -0.497 e. The van der Waals surface area contributed by atoms with Gasteiger partial charge in [-0.05, 0) is 29.8 Å². The number of piperidine rings is 1. The summed E-state index contributed by atoms with van der Waals surface area (Å²) in [6, 6.07) is 11.0. The Morgan fingerprint density at radius 1 is 0.979 bits per heavy atom. The lowest BCUT2D eigenvalue weighted by Crippen LogP contribution is -2.54. The molecule has 4 heterocycles. The van der Waals surface area contributed by atoms with Crippen LogP contribution in [0.1, 0.15) is 34.6 Å². The lowest BCUT2D eigenvalue weighted by molar-refractivity contribution is -0.193. The number of halogens is 6. The van der Waals surface area contributed by atoms with Crippen LogP contribution in [-0.4, -0.2) is 92.1 Å². The zero-order valence-corrected chi connectivity index (χ0v) is 25.0. The number of pyridine rings is 1. The second-order valence-electron chi connectivity index (χ2n) is 10.2. The van der Waals surface area contributed by atoms with E-state index in [4.69, 9.17) is 29.3 Å². The summed E-state index contributed by atoms with van der Waals surface area (Å²) in [5.41, 5.74) is 0.866. The fourth-order valence-electron chi connectivity index (χ4n) is 4.71. The second-order valence-corrected chi connectivity index (χ2v) is 10.2. The van der Waals surface area contributed by atoms with Gasteiger partial charge in [0, 0.05) is 62.8 Å². The minimum absolute atomic E-state index is 0.0241. The van der Waals surface area contributed by atoms with Crippen LogP contribution < -0.4 is 10.1 Å². The molecule has 1 fully saturated rings. The van der Waals surface area contributed by atoms with Crippen molar-refractivity contribution in [3.63, 3.8) is 0 Å². The van der Waals surface area contributed by atoms with Crippen molar-refractivity contribution in [3.05, 3.63) is 78.1 Å². The molecule has 5 rings (SSSR count). The zero-order valence-electron chi connectivity index (χ0n) is 25.0. The standard InChI is InChI=1S/C25H27N5O4.2C2HF3O2/c1-33-20-4-2-3-18(15-20)16-28-22(31)21-17-30-14-11-27-24(30)25(34-21)7-12-29(13-8-25)23(32)19-5-9-26-10-6-19;2*3-2(4,5)1(6)7/h2-6,9-11,14-15,21H,7-8,12-13,16-17H2,1H3,(H,28,31);2*(H,6,7). The van der Waals surface area contributed by atoms with Crippen molar-refractivity contribution >= 4 is 23.8 Å². The number of fused-ring (bicyclic) bond motifs is 2. The number of carboxylic acid groups (broad SMARTS) is 2. The first kappa shape index (κ1) is 37.3. The van der Waals surface area contributed by atoms with E-state index in [1.165, 1.54) is 0 Å². The summed E-state index contributed by atoms with van der Waals surface area (Å²) in [5.74, 6) is -4.14. The molecule has 1 unspecified atom stereocenters. The quantitative estimate of drug-likeness (QED) is 0.337. The van der Waals surface area contributed by atoms with Crippen LogP contribution in [0.3, 0.4) is 0 Å². The van der Waals surface area contributed by atoms with Crippen LogP contribution in [-0.2, 0) is 37.8 Å². The van der Waals surface area contributed by atoms with Gasteiger partial charge >= 0.3 is 24.3 Å². The monoisotopic (exact) mass is 689 g/mol. The molecule has 1 aromatic carbocycles. The third-order valence-electron chi connectivity index (χ3n) is 7.02. The number of carbonyl (C=O) groups is 4. The first-order valence-corrected chi connectivity index (χ1v) is 13.9. The number of nitrogens with zero attached hydrogens (tertiary/aromatic N) is 4. The van der Waals surface area contributed by atoms with Gasteiger partial charge in [-0.15, -0.1) is 0 Å². The Labute approximate surface area is 268 Å². The highest BCUT2D eigenvalue weighted by molar-refractivity contribution is 5.94. The van der Waals surface area contributed by atoms with Crippen molar-refractivity contribution in [1.29, 1.82) is 0 Å². The Kier molecular flexibility index (Phi) is 12.1. The largest absolute Gasteiger partial charge is 0.497 e. The number of carboxylic acids is 2. The predicted molar refractivity (Wildman–Crippen MR) is 150 cm³/mol. The topological polar surface area (TPSA) is 173 Å². The molecule has 260 valence electrons. The number of benzene rings is 1. The molecule has 2 aliphatic heterocycles. The third-order valence-corrected chi connectivity index (χ3v) is 7.02. The van der Waals surface area contributed by atoms with Crippen molar-refractivity contribution in [2.45, 2.75) is 50.0 Å². The molecular weight excluding hydrogens is 660 g/mol. The van der Waals surface area contributed by atoms with E-state index in [9.17, 15) is 35.9 Å². The molecule has 2 amide bonds. The molecule has 0 saturated carbocycles. The van der Waals surface area contributed by atoms with Gasteiger partial charge in [0.15, 0.2) is 6.10 Å². The van der Waals surface area contributed by atoms with Gasteiger partial charge in [-0.2, -0.15) is 26.3 Å². The maximum absolute atomic E-state index is 13.1. The van der Waals surface area contributed by atoms with Crippen LogP contribution >= 0.6 is 0 Å². The number of aromatic nitrogens is 3. The molecule has 19 heteroatoms. The molecule has 3 aromatic rings. The maximum atomic E-state index is 13.1. The van der Waals surface area contributed by atoms with Gasteiger partial charge in [0.05, 0.1) is 13.7 Å². The summed E-state index contributed by atoms with van der Waals surface area (Å²) in [4.78, 5) is 54.1. The maximum Gasteiger partial charge on any atom is 0.490 e. The summed E-state index contributed by atoms with van der Waals surface area (Å²) in [5, 5.41) is 17.2. The number of hydrogen-bond acceptors (Lipinski definition) is 8. The highest BCUT2D eigenvalue weighted by Crippen LogP contribution is 2.40. The minimum atomic E-state index is -5.08. The molecule has 1 atom stereocenters. The van der Waals surface area contributed by atoms with Crippen LogP contribution in [0.5, 0.6) is 5.75 Å². The van der Waals surface area contributed by atoms with E-state index in [1.54, 1.807) is 37.8 Å². The Hall–Kier alpha value is -5.20. The molecule has 1 saturated heterocycles. The summed E-state index contributed by atoms with van der Waals surface area (Å²) in [7, 11) is 1.62. The second kappa shape index (κ2) is 15.6. The van der Waals surface area contributed by atoms with Gasteiger partial charge in [-0.3, -0.25) is 14.6 Å². The molecule has 48 heavy (non-hydrogen) atoms. The molecule has 2 aliphatic rings. The number of aliphatic carboxylic acids is 2. The molecular formula is C29H29F6N5O8. The average Bonchev–Trinajstić information content (AvgIpc) is 3.54. The first-order chi connectivity index (χ1) is 22.5. The fourth-order valence-corrected chi connectivity index (χ4v) is 4.71. The van der Waals surface area contributed by atoms with Crippen LogP contribution in [0.2, 0.25) is 0 Å². The lowest BCUT2D eigenvalue weighted by Gasteiger charge is -2.45. The number of hydrogen-bond donors (Lipinski definition) is 3. The molecule has 0 aliphatic carbocycles. The molecule has 3 N–H and O–H groups in total. The van der Waals surface area contributed by atoms with E-state index in [0.29, 0.717) is 44.6 Å². The number of methoxy groups -OCH3 is 1. The van der Waals surface area contributed by atoms with Gasteiger partial charge in [-0.1, -0.05) is 12.1 Å². The number of alkyl halides is 6. The number of nitrogens with one attached hydrogen (secondary N) is 1. The molecule has 0 radical (unpaired) electrons. The van der Waals surface area contributed by atoms with E-state index < -0.39 is 36.0 Å². The van der Waals surface area contributed by atoms with Gasteiger partial charge in [0.1, 0.15) is 17.2 Å². The van der Waals surface area contributed by atoms with Gasteiger partial charge in [-0.25, -0.2) is 14.6 Å². The summed E-state index contributed by atoms with van der Waals surface area (Å²) in [6.45, 7) is 1.83. The summed E-state index contributed by atoms with van der Waals surface area (Å²) < 4.78 is 77.2. The zero-order chi connectivity index (χ0) is 35.7. The highest BCUT2D eigenvalue weighted by atomic mass is 19.4. The molecule has 0 bridgehead atoms. The van der Waals surface area contributed by atoms with Crippen LogP contribution in [0.15, 0.2) is 61.2 Å². The van der Waals surface area contributed by atoms with Crippen molar-refractivity contribution in [2.75, 3.05) is 20.2 Å². The number of likely N-dealkylation sites (tertiary alicyclic amines) is 1. The molecule has 2 aromatic heterocycles. The van der Waals surface area contributed by atoms with E-state index in [2.05, 4.69) is 15.3 Å². The summed E-state index contributed by atoms with van der Waals surface area (Å²) >= 11 is 0. The number of carbonyl (C=O) groups excluding carboxylic acids is 2. The van der Waals surface area contributed by atoms with Crippen molar-refractivity contribution in [3.8, 4) is 5.75 Å². The Morgan fingerprint density at radius 2 is 1.56 bits per heavy atom. The fraction of sp³-hybridized carbons (Fsp3) is 0.379. The molecule has 1 spiro atoms. The van der Waals surface area contributed by atoms with E-state index >= 15 is 0 Å². The van der Waals surface area contributed by atoms with E-state index in [0.717, 1.165) is 17.1 Å². The van der Waals surface area contributed by atoms with Crippen molar-refractivity contribution in [1.82, 2.24) is 24.8 Å². The van der Waals surface area contributed by atoms with Crippen molar-refractivity contribution in [2.24, 2.45) is 0 Å². The Morgan fingerprint density at radius 3 is 2.10 bits per heavy atom. The van der Waals surface area contributed by atoms with Crippen LogP contribution in [0.4, 0.5) is 26.3 Å². The molecule has 13 nitrogen and oxygen atoms in total.